The minimum Gasteiger partial charge on any atom is -0.449 e. The van der Waals surface area contributed by atoms with Gasteiger partial charge in [0, 0.05) is 18.7 Å². The summed E-state index contributed by atoms with van der Waals surface area (Å²) in [6.45, 7) is 3.76. The highest BCUT2D eigenvalue weighted by Gasteiger charge is 2.30. The molecule has 1 N–H and O–H groups in total. The van der Waals surface area contributed by atoms with Crippen molar-refractivity contribution >= 4 is 23.6 Å². The van der Waals surface area contributed by atoms with Crippen LogP contribution in [-0.4, -0.2) is 31.1 Å². The van der Waals surface area contributed by atoms with Gasteiger partial charge >= 0.3 is 0 Å². The summed E-state index contributed by atoms with van der Waals surface area (Å²) in [6.07, 6.45) is 3.83. The minimum absolute atomic E-state index is 0.100. The molecule has 2 aliphatic heterocycles. The Kier molecular flexibility index (Phi) is 6.64. The fourth-order valence-electron chi connectivity index (χ4n) is 4.41. The van der Waals surface area contributed by atoms with Crippen LogP contribution in [0.3, 0.4) is 0 Å². The Balaban J connectivity index is 1.34. The molecule has 0 aliphatic carbocycles. The molecule has 5 rings (SSSR count). The van der Waals surface area contributed by atoms with E-state index in [1.54, 1.807) is 23.1 Å². The molecule has 0 saturated carbocycles. The van der Waals surface area contributed by atoms with Crippen LogP contribution in [0.5, 0.6) is 5.75 Å². The molecule has 178 valence electrons. The summed E-state index contributed by atoms with van der Waals surface area (Å²) < 4.78 is 11.5. The van der Waals surface area contributed by atoms with Crippen molar-refractivity contribution in [3.05, 3.63) is 101 Å². The van der Waals surface area contributed by atoms with Gasteiger partial charge in [0.2, 0.25) is 0 Å². The molecule has 0 aromatic heterocycles. The van der Waals surface area contributed by atoms with E-state index in [4.69, 9.17) is 9.47 Å². The van der Waals surface area contributed by atoms with Crippen molar-refractivity contribution in [1.82, 2.24) is 5.32 Å². The lowest BCUT2D eigenvalue weighted by molar-refractivity contribution is -0.117. The molecule has 2 aliphatic rings. The van der Waals surface area contributed by atoms with Gasteiger partial charge in [0.15, 0.2) is 11.5 Å². The number of nitrogens with one attached hydrogen (secondary N) is 1. The lowest BCUT2D eigenvalue weighted by Gasteiger charge is -2.30. The first kappa shape index (κ1) is 22.9. The summed E-state index contributed by atoms with van der Waals surface area (Å²) in [4.78, 5) is 27.6. The number of hydrogen-bond donors (Lipinski definition) is 1. The molecule has 1 saturated heterocycles. The smallest absolute Gasteiger partial charge is 0.294 e. The topological polar surface area (TPSA) is 67.9 Å². The van der Waals surface area contributed by atoms with E-state index in [0.29, 0.717) is 24.4 Å². The summed E-state index contributed by atoms with van der Waals surface area (Å²) in [7, 11) is 0. The largest absolute Gasteiger partial charge is 0.449 e. The molecule has 3 aromatic carbocycles. The van der Waals surface area contributed by atoms with Crippen LogP contribution in [0.1, 0.15) is 39.9 Å². The number of amides is 2. The molecule has 1 fully saturated rings. The average molecular weight is 469 g/mol. The zero-order chi connectivity index (χ0) is 24.2. The van der Waals surface area contributed by atoms with Crippen molar-refractivity contribution in [2.45, 2.75) is 32.4 Å². The predicted molar refractivity (Wildman–Crippen MR) is 135 cm³/mol. The van der Waals surface area contributed by atoms with Crippen molar-refractivity contribution in [3.63, 3.8) is 0 Å². The van der Waals surface area contributed by atoms with Crippen molar-refractivity contribution in [2.75, 3.05) is 18.1 Å². The average Bonchev–Trinajstić information content (AvgIpc) is 3.39. The molecular formula is C29H28N2O4. The number of nitrogens with zero attached hydrogens (tertiary/aromatic N) is 1. The summed E-state index contributed by atoms with van der Waals surface area (Å²) in [5.74, 6) is 0.537. The van der Waals surface area contributed by atoms with E-state index in [-0.39, 0.29) is 23.7 Å². The van der Waals surface area contributed by atoms with Gasteiger partial charge in [0.1, 0.15) is 0 Å². The lowest BCUT2D eigenvalue weighted by atomic mass is 10.1. The maximum Gasteiger partial charge on any atom is 0.294 e. The third-order valence-electron chi connectivity index (χ3n) is 6.24. The van der Waals surface area contributed by atoms with E-state index < -0.39 is 0 Å². The molecule has 3 aromatic rings. The number of fused-ring (bicyclic) bond motifs is 1. The third kappa shape index (κ3) is 5.28. The van der Waals surface area contributed by atoms with Crippen LogP contribution < -0.4 is 15.0 Å². The molecular weight excluding hydrogens is 440 g/mol. The van der Waals surface area contributed by atoms with E-state index in [9.17, 15) is 9.59 Å². The first-order chi connectivity index (χ1) is 17.1. The Morgan fingerprint density at radius 1 is 1.09 bits per heavy atom. The van der Waals surface area contributed by atoms with Gasteiger partial charge in [-0.15, -0.1) is 0 Å². The summed E-state index contributed by atoms with van der Waals surface area (Å²) >= 11 is 0. The first-order valence-electron chi connectivity index (χ1n) is 11.9. The second-order valence-electron chi connectivity index (χ2n) is 8.93. The Bertz CT molecular complexity index is 1260. The Morgan fingerprint density at radius 3 is 2.69 bits per heavy atom. The molecule has 6 nitrogen and oxygen atoms in total. The molecule has 2 amide bonds. The highest BCUT2D eigenvalue weighted by atomic mass is 16.5. The second-order valence-corrected chi connectivity index (χ2v) is 8.93. The lowest BCUT2D eigenvalue weighted by Crippen LogP contribution is -2.36. The quantitative estimate of drug-likeness (QED) is 0.524. The van der Waals surface area contributed by atoms with Crippen molar-refractivity contribution < 1.29 is 19.1 Å². The van der Waals surface area contributed by atoms with Crippen LogP contribution in [0.25, 0.3) is 6.08 Å². The second kappa shape index (κ2) is 10.2. The first-order valence-corrected chi connectivity index (χ1v) is 11.9. The zero-order valence-corrected chi connectivity index (χ0v) is 19.7. The maximum absolute atomic E-state index is 13.4. The fraction of sp³-hybridized carbons (Fsp3) is 0.241. The van der Waals surface area contributed by atoms with Gasteiger partial charge < -0.3 is 14.8 Å². The van der Waals surface area contributed by atoms with E-state index >= 15 is 0 Å². The summed E-state index contributed by atoms with van der Waals surface area (Å²) in [6, 6.07) is 22.8. The number of para-hydroxylation sites is 2. The van der Waals surface area contributed by atoms with Crippen LogP contribution in [-0.2, 0) is 16.1 Å². The van der Waals surface area contributed by atoms with Crippen LogP contribution in [0.4, 0.5) is 5.69 Å². The molecule has 6 heteroatoms. The number of rotatable bonds is 6. The SMILES string of the molecule is Cc1cccc(CN2C(=O)/C(=C\c3ccc(C(=O)NC[C@H]4CCCO4)cc3)Oc3ccccc32)c1. The zero-order valence-electron chi connectivity index (χ0n) is 19.7. The van der Waals surface area contributed by atoms with Gasteiger partial charge in [0.05, 0.1) is 18.3 Å². The fourth-order valence-corrected chi connectivity index (χ4v) is 4.41. The number of benzene rings is 3. The van der Waals surface area contributed by atoms with Gasteiger partial charge in [-0.1, -0.05) is 54.1 Å². The summed E-state index contributed by atoms with van der Waals surface area (Å²) in [5.41, 5.74) is 4.28. The predicted octanol–water partition coefficient (Wildman–Crippen LogP) is 4.87. The number of ether oxygens (including phenoxy) is 2. The molecule has 35 heavy (non-hydrogen) atoms. The standard InChI is InChI=1S/C29H28N2O4/c1-20-6-4-7-22(16-20)19-31-25-9-2-3-10-26(25)35-27(29(31)33)17-21-11-13-23(14-12-21)28(32)30-18-24-8-5-15-34-24/h2-4,6-7,9-14,16-17,24H,5,8,15,18-19H2,1H3,(H,30,32)/b27-17+/t24-/m1/s1. The van der Waals surface area contributed by atoms with Gasteiger partial charge in [-0.3, -0.25) is 14.5 Å². The van der Waals surface area contributed by atoms with E-state index in [2.05, 4.69) is 11.4 Å². The maximum atomic E-state index is 13.4. The number of hydrogen-bond acceptors (Lipinski definition) is 4. The third-order valence-corrected chi connectivity index (χ3v) is 6.24. The van der Waals surface area contributed by atoms with Crippen molar-refractivity contribution in [2.24, 2.45) is 0 Å². The molecule has 0 radical (unpaired) electrons. The Morgan fingerprint density at radius 2 is 1.91 bits per heavy atom. The molecule has 1 atom stereocenters. The van der Waals surface area contributed by atoms with Crippen LogP contribution >= 0.6 is 0 Å². The Labute approximate surface area is 205 Å². The Hall–Kier alpha value is -3.90. The van der Waals surface area contributed by atoms with E-state index in [1.807, 2.05) is 61.5 Å². The van der Waals surface area contributed by atoms with Crippen LogP contribution in [0.15, 0.2) is 78.6 Å². The normalized spacial score (nSPS) is 18.3. The molecule has 0 unspecified atom stereocenters. The van der Waals surface area contributed by atoms with Crippen molar-refractivity contribution in [3.8, 4) is 5.75 Å². The van der Waals surface area contributed by atoms with E-state index in [1.165, 1.54) is 0 Å². The van der Waals surface area contributed by atoms with E-state index in [0.717, 1.165) is 41.8 Å². The summed E-state index contributed by atoms with van der Waals surface area (Å²) in [5, 5.41) is 2.93. The van der Waals surface area contributed by atoms with Crippen LogP contribution in [0.2, 0.25) is 0 Å². The molecule has 0 spiro atoms. The number of anilines is 1. The number of carbonyl (C=O) groups excluding carboxylic acids is 2. The van der Waals surface area contributed by atoms with Gasteiger partial charge in [-0.2, -0.15) is 0 Å². The monoisotopic (exact) mass is 468 g/mol. The van der Waals surface area contributed by atoms with Crippen LogP contribution in [0, 0.1) is 6.92 Å². The number of carbonyl (C=O) groups is 2. The van der Waals surface area contributed by atoms with Gasteiger partial charge in [0.25, 0.3) is 11.8 Å². The van der Waals surface area contributed by atoms with Gasteiger partial charge in [-0.05, 0) is 61.2 Å². The number of aryl methyl sites for hydroxylation is 1. The van der Waals surface area contributed by atoms with Gasteiger partial charge in [-0.25, -0.2) is 0 Å². The highest BCUT2D eigenvalue weighted by Crippen LogP contribution is 2.36. The molecule has 2 heterocycles. The highest BCUT2D eigenvalue weighted by molar-refractivity contribution is 6.09. The molecule has 0 bridgehead atoms. The minimum atomic E-state index is -0.205. The van der Waals surface area contributed by atoms with Crippen molar-refractivity contribution in [1.29, 1.82) is 0 Å².